The minimum absolute atomic E-state index is 0.00437. The van der Waals surface area contributed by atoms with Crippen molar-refractivity contribution in [2.45, 2.75) is 13.0 Å². The minimum Gasteiger partial charge on any atom is -0.481 e. The Morgan fingerprint density at radius 3 is 2.59 bits per heavy atom. The molecule has 2 fully saturated rings. The maximum atomic E-state index is 11.9. The van der Waals surface area contributed by atoms with E-state index < -0.39 is 5.97 Å². The molecule has 6 heteroatoms. The number of carboxylic acid groups (broad SMARTS) is 1. The van der Waals surface area contributed by atoms with E-state index in [1.807, 2.05) is 18.2 Å². The van der Waals surface area contributed by atoms with Gasteiger partial charge in [-0.05, 0) is 23.5 Å². The normalized spacial score (nSPS) is 26.5. The quantitative estimate of drug-likeness (QED) is 0.835. The fourth-order valence-corrected chi connectivity index (χ4v) is 3.55. The Bertz CT molecular complexity index is 581. The first-order valence-corrected chi connectivity index (χ1v) is 7.89. The van der Waals surface area contributed by atoms with Crippen molar-refractivity contribution >= 4 is 23.5 Å². The van der Waals surface area contributed by atoms with Crippen molar-refractivity contribution in [2.75, 3.05) is 19.6 Å². The maximum absolute atomic E-state index is 11.9. The van der Waals surface area contributed by atoms with E-state index in [0.29, 0.717) is 36.4 Å². The number of hydrogen-bond donors (Lipinski definition) is 2. The molecule has 1 saturated heterocycles. The number of nitrogens with zero attached hydrogens (tertiary/aromatic N) is 1. The van der Waals surface area contributed by atoms with Crippen LogP contribution in [0.3, 0.4) is 0 Å². The molecule has 1 saturated carbocycles. The predicted molar refractivity (Wildman–Crippen MR) is 82.5 cm³/mol. The van der Waals surface area contributed by atoms with Crippen LogP contribution in [0.5, 0.6) is 0 Å². The number of hydrogen-bond acceptors (Lipinski definition) is 3. The number of benzene rings is 1. The molecule has 118 valence electrons. The highest BCUT2D eigenvalue weighted by Crippen LogP contribution is 2.51. The Hall–Kier alpha value is -1.59. The summed E-state index contributed by atoms with van der Waals surface area (Å²) in [6, 6.07) is 7.44. The highest BCUT2D eigenvalue weighted by Gasteiger charge is 2.59. The van der Waals surface area contributed by atoms with Gasteiger partial charge in [0.25, 0.3) is 0 Å². The first-order chi connectivity index (χ1) is 10.6. The van der Waals surface area contributed by atoms with Crippen LogP contribution in [0, 0.1) is 17.8 Å². The third-order valence-electron chi connectivity index (χ3n) is 4.64. The maximum Gasteiger partial charge on any atom is 0.307 e. The SMILES string of the molecule is O=C(CCN1C[C@@H]2C(C(=O)O)[C@@H]2C1)NCc1ccccc1Cl. The summed E-state index contributed by atoms with van der Waals surface area (Å²) in [5.41, 5.74) is 0.907. The molecule has 1 aliphatic heterocycles. The summed E-state index contributed by atoms with van der Waals surface area (Å²) >= 11 is 6.04. The smallest absolute Gasteiger partial charge is 0.307 e. The Morgan fingerprint density at radius 1 is 1.27 bits per heavy atom. The summed E-state index contributed by atoms with van der Waals surface area (Å²) in [5.74, 6) is -0.236. The van der Waals surface area contributed by atoms with Gasteiger partial charge in [0.05, 0.1) is 5.92 Å². The molecular weight excluding hydrogens is 304 g/mol. The molecule has 2 N–H and O–H groups in total. The predicted octanol–water partition coefficient (Wildman–Crippen LogP) is 1.61. The minimum atomic E-state index is -0.674. The molecule has 1 heterocycles. The Labute approximate surface area is 134 Å². The summed E-state index contributed by atoms with van der Waals surface area (Å²) in [5, 5.41) is 12.5. The van der Waals surface area contributed by atoms with Gasteiger partial charge in [0.2, 0.25) is 5.91 Å². The van der Waals surface area contributed by atoms with Gasteiger partial charge in [-0.3, -0.25) is 9.59 Å². The van der Waals surface area contributed by atoms with E-state index in [2.05, 4.69) is 10.2 Å². The molecule has 1 amide bonds. The molecular formula is C16H19ClN2O3. The zero-order valence-corrected chi connectivity index (χ0v) is 12.9. The molecule has 1 aromatic carbocycles. The molecule has 5 nitrogen and oxygen atoms in total. The number of fused-ring (bicyclic) bond motifs is 1. The van der Waals surface area contributed by atoms with E-state index in [9.17, 15) is 9.59 Å². The van der Waals surface area contributed by atoms with Gasteiger partial charge in [-0.25, -0.2) is 0 Å². The van der Waals surface area contributed by atoms with Crippen LogP contribution in [0.25, 0.3) is 0 Å². The van der Waals surface area contributed by atoms with E-state index in [1.54, 1.807) is 6.07 Å². The second-order valence-corrected chi connectivity index (χ2v) is 6.48. The molecule has 1 aromatic rings. The van der Waals surface area contributed by atoms with Crippen LogP contribution >= 0.6 is 11.6 Å². The summed E-state index contributed by atoms with van der Waals surface area (Å²) in [6.45, 7) is 2.73. The van der Waals surface area contributed by atoms with Crippen LogP contribution in [-0.2, 0) is 16.1 Å². The topological polar surface area (TPSA) is 69.6 Å². The first kappa shape index (κ1) is 15.3. The van der Waals surface area contributed by atoms with Crippen molar-refractivity contribution in [3.8, 4) is 0 Å². The number of carbonyl (C=O) groups is 2. The van der Waals surface area contributed by atoms with E-state index in [-0.39, 0.29) is 11.8 Å². The third kappa shape index (κ3) is 3.25. The van der Waals surface area contributed by atoms with Gasteiger partial charge >= 0.3 is 5.97 Å². The average molecular weight is 323 g/mol. The van der Waals surface area contributed by atoms with Crippen LogP contribution < -0.4 is 5.32 Å². The van der Waals surface area contributed by atoms with Gasteiger partial charge < -0.3 is 15.3 Å². The molecule has 1 aliphatic carbocycles. The van der Waals surface area contributed by atoms with Crippen molar-refractivity contribution < 1.29 is 14.7 Å². The van der Waals surface area contributed by atoms with E-state index >= 15 is 0 Å². The second kappa shape index (κ2) is 6.26. The lowest BCUT2D eigenvalue weighted by Crippen LogP contribution is -2.31. The number of carboxylic acids is 1. The third-order valence-corrected chi connectivity index (χ3v) is 5.01. The van der Waals surface area contributed by atoms with Gasteiger partial charge in [-0.2, -0.15) is 0 Å². The average Bonchev–Trinajstić information content (AvgIpc) is 3.01. The summed E-state index contributed by atoms with van der Waals surface area (Å²) in [6.07, 6.45) is 0.432. The van der Waals surface area contributed by atoms with Gasteiger partial charge in [0.15, 0.2) is 0 Å². The Balaban J connectivity index is 1.36. The molecule has 3 atom stereocenters. The number of nitrogens with one attached hydrogen (secondary N) is 1. The zero-order valence-electron chi connectivity index (χ0n) is 12.2. The monoisotopic (exact) mass is 322 g/mol. The standard InChI is InChI=1S/C16H19ClN2O3/c17-13-4-2-1-3-10(13)7-18-14(20)5-6-19-8-11-12(9-19)15(11)16(21)22/h1-4,11-12,15H,5-9H2,(H,18,20)(H,21,22)/t11-,12+,15?. The van der Waals surface area contributed by atoms with Crippen LogP contribution in [0.1, 0.15) is 12.0 Å². The number of aliphatic carboxylic acids is 1. The molecule has 0 spiro atoms. The van der Waals surface area contributed by atoms with E-state index in [0.717, 1.165) is 18.7 Å². The molecule has 2 aliphatic rings. The lowest BCUT2D eigenvalue weighted by Gasteiger charge is -2.18. The number of halogens is 1. The lowest BCUT2D eigenvalue weighted by atomic mass is 10.2. The molecule has 0 aromatic heterocycles. The highest BCUT2D eigenvalue weighted by molar-refractivity contribution is 6.31. The number of rotatable bonds is 6. The van der Waals surface area contributed by atoms with Crippen molar-refractivity contribution in [3.05, 3.63) is 34.9 Å². The van der Waals surface area contributed by atoms with Gasteiger partial charge in [-0.15, -0.1) is 0 Å². The lowest BCUT2D eigenvalue weighted by molar-refractivity contribution is -0.139. The summed E-state index contributed by atoms with van der Waals surface area (Å²) < 4.78 is 0. The van der Waals surface area contributed by atoms with Gasteiger partial charge in [-0.1, -0.05) is 29.8 Å². The summed E-state index contributed by atoms with van der Waals surface area (Å²) in [4.78, 5) is 25.0. The Morgan fingerprint density at radius 2 is 1.95 bits per heavy atom. The second-order valence-electron chi connectivity index (χ2n) is 6.07. The van der Waals surface area contributed by atoms with E-state index in [1.165, 1.54) is 0 Å². The van der Waals surface area contributed by atoms with Crippen molar-refractivity contribution in [3.63, 3.8) is 0 Å². The summed E-state index contributed by atoms with van der Waals surface area (Å²) in [7, 11) is 0. The first-order valence-electron chi connectivity index (χ1n) is 7.51. The molecule has 3 rings (SSSR count). The fraction of sp³-hybridized carbons (Fsp3) is 0.500. The zero-order chi connectivity index (χ0) is 15.7. The molecule has 1 unspecified atom stereocenters. The number of piperidine rings is 1. The van der Waals surface area contributed by atoms with Crippen LogP contribution in [0.4, 0.5) is 0 Å². The van der Waals surface area contributed by atoms with Crippen LogP contribution in [-0.4, -0.2) is 41.5 Å². The number of amides is 1. The molecule has 22 heavy (non-hydrogen) atoms. The van der Waals surface area contributed by atoms with Crippen molar-refractivity contribution in [1.82, 2.24) is 10.2 Å². The highest BCUT2D eigenvalue weighted by atomic mass is 35.5. The fourth-order valence-electron chi connectivity index (χ4n) is 3.35. The van der Waals surface area contributed by atoms with Crippen molar-refractivity contribution in [1.29, 1.82) is 0 Å². The van der Waals surface area contributed by atoms with Gasteiger partial charge in [0.1, 0.15) is 0 Å². The van der Waals surface area contributed by atoms with Crippen LogP contribution in [0.15, 0.2) is 24.3 Å². The number of likely N-dealkylation sites (tertiary alicyclic amines) is 1. The number of carbonyl (C=O) groups excluding carboxylic acids is 1. The van der Waals surface area contributed by atoms with Crippen LogP contribution in [0.2, 0.25) is 5.02 Å². The Kier molecular flexibility index (Phi) is 4.36. The molecule has 0 bridgehead atoms. The van der Waals surface area contributed by atoms with E-state index in [4.69, 9.17) is 16.7 Å². The van der Waals surface area contributed by atoms with Gasteiger partial charge in [0, 0.05) is 37.6 Å². The molecule has 0 radical (unpaired) electrons. The van der Waals surface area contributed by atoms with Crippen molar-refractivity contribution in [2.24, 2.45) is 17.8 Å². The largest absolute Gasteiger partial charge is 0.481 e.